The molecule has 4 aliphatic heterocycles. The van der Waals surface area contributed by atoms with Crippen LogP contribution in [0.25, 0.3) is 11.2 Å². The third-order valence-electron chi connectivity index (χ3n) is 12.9. The highest BCUT2D eigenvalue weighted by Crippen LogP contribution is 2.54. The fourth-order valence-corrected chi connectivity index (χ4v) is 12.7. The third kappa shape index (κ3) is 12.8. The smallest absolute Gasteiger partial charge is 0.351 e. The van der Waals surface area contributed by atoms with E-state index in [1.807, 2.05) is 0 Å². The number of nitrogens with zero attached hydrogens (tertiary/aromatic N) is 8. The normalized spacial score (nSPS) is 29.9. The molecule has 9 rings (SSSR count). The number of H-pyrrole nitrogens is 2. The number of aliphatic hydroxyl groups excluding tert-OH is 2. The number of anilines is 3. The fourth-order valence-electron chi connectivity index (χ4n) is 9.15. The van der Waals surface area contributed by atoms with Crippen molar-refractivity contribution in [3.8, 4) is 0 Å². The minimum absolute atomic E-state index is 0.00237. The summed E-state index contributed by atoms with van der Waals surface area (Å²) >= 11 is 0. The van der Waals surface area contributed by atoms with Gasteiger partial charge in [-0.05, 0) is 19.1 Å². The van der Waals surface area contributed by atoms with Crippen LogP contribution in [-0.2, 0) is 59.8 Å². The first kappa shape index (κ1) is 56.1. The van der Waals surface area contributed by atoms with E-state index in [1.165, 1.54) is 48.5 Å². The molecule has 0 saturated carbocycles. The second kappa shape index (κ2) is 22.3. The van der Waals surface area contributed by atoms with E-state index in [4.69, 9.17) is 63.3 Å². The lowest BCUT2D eigenvalue weighted by Gasteiger charge is -2.27. The zero-order valence-electron chi connectivity index (χ0n) is 41.4. The summed E-state index contributed by atoms with van der Waals surface area (Å²) in [6, 6.07) is 2.72. The summed E-state index contributed by atoms with van der Waals surface area (Å²) in [5.74, 6) is -0.260. The molecule has 5 aromatic rings. The van der Waals surface area contributed by atoms with E-state index in [0.29, 0.717) is 0 Å². The summed E-state index contributed by atoms with van der Waals surface area (Å²) in [5.41, 5.74) is 13.7. The van der Waals surface area contributed by atoms with E-state index in [2.05, 4.69) is 29.9 Å². The number of nitrogen functional groups attached to an aromatic ring is 3. The first-order valence-electron chi connectivity index (χ1n) is 23.7. The van der Waals surface area contributed by atoms with Gasteiger partial charge in [0, 0.05) is 69.8 Å². The molecule has 77 heavy (non-hydrogen) atoms. The average molecular weight is 1140 g/mol. The Morgan fingerprint density at radius 1 is 0.636 bits per heavy atom. The van der Waals surface area contributed by atoms with Gasteiger partial charge in [0.15, 0.2) is 11.2 Å². The first-order chi connectivity index (χ1) is 36.3. The Labute approximate surface area is 433 Å². The van der Waals surface area contributed by atoms with Crippen LogP contribution in [0, 0.1) is 6.92 Å². The predicted octanol–water partition coefficient (Wildman–Crippen LogP) is -0.584. The van der Waals surface area contributed by atoms with Gasteiger partial charge in [0.1, 0.15) is 61.0 Å². The molecule has 0 radical (unpaired) electrons. The fraction of sp³-hybridized carbons (Fsp3) is 0.585. The van der Waals surface area contributed by atoms with E-state index in [1.54, 1.807) is 0 Å². The van der Waals surface area contributed by atoms with Crippen molar-refractivity contribution in [2.24, 2.45) is 0 Å². The van der Waals surface area contributed by atoms with Gasteiger partial charge >= 0.3 is 39.9 Å². The van der Waals surface area contributed by atoms with Crippen molar-refractivity contribution in [2.45, 2.75) is 106 Å². The summed E-state index contributed by atoms with van der Waals surface area (Å²) in [6.45, 7) is 2.70. The number of aromatic amines is 2. The van der Waals surface area contributed by atoms with Crippen LogP contribution in [0.15, 0.2) is 61.0 Å². The number of aromatic nitrogens is 10. The minimum atomic E-state index is -4.27. The maximum atomic E-state index is 14.4. The van der Waals surface area contributed by atoms with E-state index < -0.39 is 151 Å². The Balaban J connectivity index is 0.876. The molecular formula is C41H56N13O20P3. The van der Waals surface area contributed by atoms with Gasteiger partial charge in [0.05, 0.1) is 57.2 Å². The topological polar surface area (TPSA) is 450 Å². The quantitative estimate of drug-likeness (QED) is 0.0479. The number of aliphatic hydroxyl groups is 2. The molecule has 0 unspecified atom stereocenters. The summed E-state index contributed by atoms with van der Waals surface area (Å²) in [7, 11) is -12.5. The molecule has 4 saturated heterocycles. The lowest BCUT2D eigenvalue weighted by atomic mass is 10.2. The number of ether oxygens (including phenoxy) is 4. The Kier molecular flexibility index (Phi) is 16.2. The highest BCUT2D eigenvalue weighted by molar-refractivity contribution is 7.53. The highest BCUT2D eigenvalue weighted by atomic mass is 31.2. The number of rotatable bonds is 20. The molecule has 0 spiro atoms. The van der Waals surface area contributed by atoms with Gasteiger partial charge < -0.3 is 73.5 Å². The van der Waals surface area contributed by atoms with E-state index in [9.17, 15) is 47.9 Å². The standard InChI is InChI=1S/C41H56N13O20P3/c1-19-13-53(41(61)50-36(19)57)33-12-23(74-75(2,62)65-15-25-20(56)9-30(69-25)54-18-45-34-35(54)48-38(44)49-37(34)58)27(71-33)17-67-77(4,64)73-22-11-32(52-8-6-29(43)47-40(52)60)70-26(22)16-66-76(3,63)72-21-10-31(68-24(21)14-55)51-7-5-28(42)46-39(51)59/h5-8,13,18,20-27,30-33,55-56H,9-12,14-17H2,1-4H3,(H2,42,46,59)(H2,43,47,60)(H,50,57,61)(H3,44,48,49,58)/t20-,21-,22-,23-,24+,25+,26+,27+,30+,31+,32+,33+,75+,76+,77+/m0/s1. The monoisotopic (exact) mass is 1140 g/mol. The maximum absolute atomic E-state index is 14.4. The van der Waals surface area contributed by atoms with E-state index >= 15 is 0 Å². The third-order valence-corrected chi connectivity index (χ3v) is 16.7. The van der Waals surface area contributed by atoms with Crippen LogP contribution in [0.4, 0.5) is 17.6 Å². The lowest BCUT2D eigenvalue weighted by molar-refractivity contribution is -0.0552. The number of nitrogens with two attached hydrogens (primary N) is 3. The largest absolute Gasteiger partial charge is 0.394 e. The highest BCUT2D eigenvalue weighted by Gasteiger charge is 2.47. The number of imidazole rings is 1. The zero-order valence-corrected chi connectivity index (χ0v) is 44.1. The number of hydrogen-bond acceptors (Lipinski definition) is 27. The molecule has 4 fully saturated rings. The van der Waals surface area contributed by atoms with Gasteiger partial charge in [-0.15, -0.1) is 0 Å². The molecule has 36 heteroatoms. The molecule has 0 amide bonds. The molecule has 4 aliphatic rings. The van der Waals surface area contributed by atoms with Crippen molar-refractivity contribution in [2.75, 3.05) is 63.6 Å². The Morgan fingerprint density at radius 2 is 1.09 bits per heavy atom. The van der Waals surface area contributed by atoms with Gasteiger partial charge in [0.2, 0.25) is 5.95 Å². The molecule has 0 aliphatic carbocycles. The summed E-state index contributed by atoms with van der Waals surface area (Å²) < 4.78 is 107. The SMILES string of the molecule is Cc1cn([C@H]2C[C@H](O[P@](C)(=O)OC[C@H]3O[C@@H](n4cnc5c(=O)[nH]c(N)nc54)C[C@@H]3O)[C@@H](CO[P@@](C)(=O)O[C@H]3C[C@H](n4ccc(N)nc4=O)O[C@@H]3CO[P@@](C)(=O)O[C@H]3C[C@H](n4ccc(N)nc4=O)O[C@@H]3CO)O2)c(=O)[nH]c1=O. The van der Waals surface area contributed by atoms with Crippen molar-refractivity contribution in [3.05, 3.63) is 94.8 Å². The van der Waals surface area contributed by atoms with Gasteiger partial charge in [-0.2, -0.15) is 15.0 Å². The lowest BCUT2D eigenvalue weighted by Crippen LogP contribution is -2.33. The van der Waals surface area contributed by atoms with Crippen LogP contribution in [0.2, 0.25) is 0 Å². The van der Waals surface area contributed by atoms with Gasteiger partial charge in [-0.1, -0.05) is 0 Å². The van der Waals surface area contributed by atoms with Crippen LogP contribution in [0.5, 0.6) is 0 Å². The van der Waals surface area contributed by atoms with Crippen LogP contribution in [0.1, 0.15) is 56.2 Å². The maximum Gasteiger partial charge on any atom is 0.351 e. The number of hydrogen-bond donors (Lipinski definition) is 7. The molecule has 15 atom stereocenters. The molecule has 9 heterocycles. The second-order valence-corrected chi connectivity index (χ2v) is 24.7. The Morgan fingerprint density at radius 3 is 1.60 bits per heavy atom. The van der Waals surface area contributed by atoms with Crippen LogP contribution < -0.4 is 45.4 Å². The van der Waals surface area contributed by atoms with Crippen molar-refractivity contribution in [1.29, 1.82) is 0 Å². The first-order valence-corrected chi connectivity index (χ1v) is 29.7. The molecule has 5 aromatic heterocycles. The number of nitrogens with one attached hydrogen (secondary N) is 2. The average Bonchev–Trinajstić information content (AvgIpc) is 4.25. The van der Waals surface area contributed by atoms with Crippen molar-refractivity contribution >= 4 is 51.5 Å². The summed E-state index contributed by atoms with van der Waals surface area (Å²) in [6.07, 6.45) is -8.54. The Hall–Kier alpha value is -5.60. The number of fused-ring (bicyclic) bond motifs is 1. The second-order valence-electron chi connectivity index (χ2n) is 18.7. The predicted molar refractivity (Wildman–Crippen MR) is 265 cm³/mol. The van der Waals surface area contributed by atoms with Gasteiger partial charge in [-0.25, -0.2) is 19.4 Å². The molecular weight excluding hydrogens is 1090 g/mol. The van der Waals surface area contributed by atoms with E-state index in [-0.39, 0.29) is 60.0 Å². The van der Waals surface area contributed by atoms with Crippen LogP contribution in [-0.4, -0.2) is 154 Å². The molecule has 420 valence electrons. The van der Waals surface area contributed by atoms with Crippen molar-refractivity contribution in [3.63, 3.8) is 0 Å². The van der Waals surface area contributed by atoms with Crippen LogP contribution in [0.3, 0.4) is 0 Å². The zero-order chi connectivity index (χ0) is 55.3. The summed E-state index contributed by atoms with van der Waals surface area (Å²) in [4.78, 5) is 83.3. The molecule has 0 aromatic carbocycles. The summed E-state index contributed by atoms with van der Waals surface area (Å²) in [5, 5.41) is 21.0. The molecule has 0 bridgehead atoms. The van der Waals surface area contributed by atoms with Gasteiger partial charge in [-0.3, -0.25) is 51.5 Å². The van der Waals surface area contributed by atoms with E-state index in [0.717, 1.165) is 33.7 Å². The van der Waals surface area contributed by atoms with Gasteiger partial charge in [0.25, 0.3) is 11.1 Å². The van der Waals surface area contributed by atoms with Crippen molar-refractivity contribution in [1.82, 2.24) is 48.2 Å². The molecule has 10 N–H and O–H groups in total. The van der Waals surface area contributed by atoms with Crippen molar-refractivity contribution < 1.29 is 70.0 Å². The number of aryl methyl sites for hydroxylation is 1. The Bertz CT molecular complexity index is 3460. The molecule has 33 nitrogen and oxygen atoms in total. The van der Waals surface area contributed by atoms with Crippen LogP contribution >= 0.6 is 22.8 Å². The minimum Gasteiger partial charge on any atom is -0.394 e.